The number of benzene rings is 2. The van der Waals surface area contributed by atoms with E-state index in [1.54, 1.807) is 0 Å². The minimum atomic E-state index is 0.432. The van der Waals surface area contributed by atoms with E-state index in [0.717, 1.165) is 42.5 Å². The first-order valence-corrected chi connectivity index (χ1v) is 9.59. The van der Waals surface area contributed by atoms with Gasteiger partial charge in [0.2, 0.25) is 0 Å². The zero-order valence-corrected chi connectivity index (χ0v) is 15.9. The first kappa shape index (κ1) is 17.0. The number of fused-ring (bicyclic) bond motifs is 1. The summed E-state index contributed by atoms with van der Waals surface area (Å²) in [4.78, 5) is 4.78. The average Bonchev–Trinajstić information content (AvgIpc) is 3.29. The van der Waals surface area contributed by atoms with Crippen molar-refractivity contribution in [1.29, 1.82) is 0 Å². The minimum Gasteiger partial charge on any atom is -0.378 e. The molecule has 0 spiro atoms. The normalized spacial score (nSPS) is 17.2. The standard InChI is InChI=1S/C22H23N5O/c1-27-21(8-9-24-27)16-4-2-15(3-5-16)12-23-22-10-17-6-7-18(11-20(17)26-22)25-19-13-28-14-19/h2-9,11,19,25H,10,12-14H2,1H3,(H,23,26). The van der Waals surface area contributed by atoms with Gasteiger partial charge in [0, 0.05) is 31.0 Å². The third kappa shape index (κ3) is 3.39. The summed E-state index contributed by atoms with van der Waals surface area (Å²) in [5, 5.41) is 11.2. The molecule has 6 nitrogen and oxygen atoms in total. The Balaban J connectivity index is 1.23. The summed E-state index contributed by atoms with van der Waals surface area (Å²) in [5.74, 6) is 1.02. The van der Waals surface area contributed by atoms with Gasteiger partial charge < -0.3 is 15.4 Å². The third-order valence-electron chi connectivity index (χ3n) is 5.28. The van der Waals surface area contributed by atoms with Crippen LogP contribution in [0.1, 0.15) is 11.1 Å². The Hall–Kier alpha value is -3.12. The Morgan fingerprint density at radius 2 is 2.04 bits per heavy atom. The fraction of sp³-hybridized carbons (Fsp3) is 0.273. The second kappa shape index (κ2) is 7.13. The van der Waals surface area contributed by atoms with Gasteiger partial charge in [0.05, 0.1) is 31.5 Å². The van der Waals surface area contributed by atoms with Crippen molar-refractivity contribution in [1.82, 2.24) is 9.78 Å². The third-order valence-corrected chi connectivity index (χ3v) is 5.28. The molecule has 28 heavy (non-hydrogen) atoms. The second-order valence-corrected chi connectivity index (χ2v) is 7.35. The van der Waals surface area contributed by atoms with Crippen molar-refractivity contribution in [2.24, 2.45) is 12.0 Å². The van der Waals surface area contributed by atoms with Crippen molar-refractivity contribution >= 4 is 17.2 Å². The van der Waals surface area contributed by atoms with Crippen LogP contribution in [-0.2, 0) is 24.8 Å². The number of anilines is 2. The van der Waals surface area contributed by atoms with Crippen LogP contribution in [0.15, 0.2) is 59.7 Å². The van der Waals surface area contributed by atoms with Gasteiger partial charge in [-0.15, -0.1) is 0 Å². The Labute approximate surface area is 164 Å². The monoisotopic (exact) mass is 373 g/mol. The van der Waals surface area contributed by atoms with Crippen molar-refractivity contribution < 1.29 is 4.74 Å². The summed E-state index contributed by atoms with van der Waals surface area (Å²) < 4.78 is 7.11. The number of aromatic nitrogens is 2. The van der Waals surface area contributed by atoms with Gasteiger partial charge >= 0.3 is 0 Å². The molecule has 2 aliphatic heterocycles. The smallest absolute Gasteiger partial charge is 0.106 e. The van der Waals surface area contributed by atoms with Gasteiger partial charge in [0.1, 0.15) is 5.84 Å². The number of nitrogens with zero attached hydrogens (tertiary/aromatic N) is 3. The van der Waals surface area contributed by atoms with E-state index in [0.29, 0.717) is 12.6 Å². The van der Waals surface area contributed by atoms with Gasteiger partial charge in [0.25, 0.3) is 0 Å². The van der Waals surface area contributed by atoms with E-state index in [9.17, 15) is 0 Å². The van der Waals surface area contributed by atoms with Crippen LogP contribution in [0.4, 0.5) is 11.4 Å². The van der Waals surface area contributed by atoms with E-state index < -0.39 is 0 Å². The van der Waals surface area contributed by atoms with Gasteiger partial charge in [0.15, 0.2) is 0 Å². The van der Waals surface area contributed by atoms with Crippen molar-refractivity contribution in [2.45, 2.75) is 19.0 Å². The molecule has 3 heterocycles. The molecule has 5 rings (SSSR count). The molecule has 0 bridgehead atoms. The maximum absolute atomic E-state index is 5.22. The van der Waals surface area contributed by atoms with Crippen LogP contribution >= 0.6 is 0 Å². The minimum absolute atomic E-state index is 0.432. The Morgan fingerprint density at radius 1 is 1.18 bits per heavy atom. The molecular weight excluding hydrogens is 350 g/mol. The Bertz CT molecular complexity index is 1020. The maximum Gasteiger partial charge on any atom is 0.106 e. The molecule has 0 saturated carbocycles. The largest absolute Gasteiger partial charge is 0.378 e. The van der Waals surface area contributed by atoms with Crippen LogP contribution in [0, 0.1) is 0 Å². The SMILES string of the molecule is Cn1nccc1-c1ccc(CN=C2Cc3ccc(NC4COC4)cc3N2)cc1. The highest BCUT2D eigenvalue weighted by atomic mass is 16.5. The number of ether oxygens (including phenoxy) is 1. The lowest BCUT2D eigenvalue weighted by Crippen LogP contribution is -2.40. The lowest BCUT2D eigenvalue weighted by Gasteiger charge is -2.28. The molecule has 1 saturated heterocycles. The van der Waals surface area contributed by atoms with Crippen LogP contribution in [0.25, 0.3) is 11.3 Å². The quantitative estimate of drug-likeness (QED) is 0.719. The molecule has 0 radical (unpaired) electrons. The summed E-state index contributed by atoms with van der Waals surface area (Å²) in [5.41, 5.74) is 7.05. The zero-order chi connectivity index (χ0) is 18.9. The summed E-state index contributed by atoms with van der Waals surface area (Å²) in [6.45, 7) is 2.25. The molecule has 1 fully saturated rings. The predicted octanol–water partition coefficient (Wildman–Crippen LogP) is 3.46. The van der Waals surface area contributed by atoms with Crippen LogP contribution in [0.2, 0.25) is 0 Å². The molecule has 6 heteroatoms. The van der Waals surface area contributed by atoms with E-state index in [4.69, 9.17) is 9.73 Å². The molecule has 2 aliphatic rings. The van der Waals surface area contributed by atoms with Crippen molar-refractivity contribution in [3.8, 4) is 11.3 Å². The van der Waals surface area contributed by atoms with Gasteiger partial charge in [-0.2, -0.15) is 5.10 Å². The van der Waals surface area contributed by atoms with E-state index in [2.05, 4.69) is 58.2 Å². The predicted molar refractivity (Wildman–Crippen MR) is 112 cm³/mol. The second-order valence-electron chi connectivity index (χ2n) is 7.35. The number of hydrogen-bond donors (Lipinski definition) is 2. The van der Waals surface area contributed by atoms with Crippen LogP contribution in [0.3, 0.4) is 0 Å². The first-order chi connectivity index (χ1) is 13.7. The molecule has 2 aromatic carbocycles. The molecular formula is C22H23N5O. The highest BCUT2D eigenvalue weighted by Gasteiger charge is 2.20. The van der Waals surface area contributed by atoms with E-state index in [1.807, 2.05) is 24.0 Å². The number of aryl methyl sites for hydroxylation is 1. The van der Waals surface area contributed by atoms with Crippen LogP contribution in [0.5, 0.6) is 0 Å². The van der Waals surface area contributed by atoms with Crippen LogP contribution < -0.4 is 10.6 Å². The molecule has 1 aromatic heterocycles. The van der Waals surface area contributed by atoms with E-state index >= 15 is 0 Å². The number of amidine groups is 1. The number of hydrogen-bond acceptors (Lipinski definition) is 4. The molecule has 0 aliphatic carbocycles. The van der Waals surface area contributed by atoms with Crippen molar-refractivity contribution in [3.63, 3.8) is 0 Å². The summed E-state index contributed by atoms with van der Waals surface area (Å²) in [6, 6.07) is 17.5. The maximum atomic E-state index is 5.22. The van der Waals surface area contributed by atoms with Gasteiger partial charge in [-0.05, 0) is 34.9 Å². The summed E-state index contributed by atoms with van der Waals surface area (Å²) >= 11 is 0. The fourth-order valence-electron chi connectivity index (χ4n) is 3.59. The fourth-order valence-corrected chi connectivity index (χ4v) is 3.59. The zero-order valence-electron chi connectivity index (χ0n) is 15.9. The number of aliphatic imine (C=N–C) groups is 1. The lowest BCUT2D eigenvalue weighted by molar-refractivity contribution is 0.0211. The van der Waals surface area contributed by atoms with Crippen molar-refractivity contribution in [2.75, 3.05) is 23.8 Å². The summed E-state index contributed by atoms with van der Waals surface area (Å²) in [7, 11) is 1.96. The summed E-state index contributed by atoms with van der Waals surface area (Å²) in [6.07, 6.45) is 2.68. The van der Waals surface area contributed by atoms with E-state index in [1.165, 1.54) is 16.7 Å². The molecule has 0 amide bonds. The van der Waals surface area contributed by atoms with Gasteiger partial charge in [-0.1, -0.05) is 30.3 Å². The molecule has 2 N–H and O–H groups in total. The molecule has 0 unspecified atom stereocenters. The highest BCUT2D eigenvalue weighted by Crippen LogP contribution is 2.28. The van der Waals surface area contributed by atoms with Crippen LogP contribution in [-0.4, -0.2) is 34.9 Å². The van der Waals surface area contributed by atoms with Gasteiger partial charge in [-0.25, -0.2) is 0 Å². The molecule has 0 atom stereocenters. The van der Waals surface area contributed by atoms with Crippen molar-refractivity contribution in [3.05, 3.63) is 65.9 Å². The highest BCUT2D eigenvalue weighted by molar-refractivity contribution is 6.03. The molecule has 142 valence electrons. The van der Waals surface area contributed by atoms with Gasteiger partial charge in [-0.3, -0.25) is 9.67 Å². The topological polar surface area (TPSA) is 63.5 Å². The first-order valence-electron chi connectivity index (χ1n) is 9.59. The van der Waals surface area contributed by atoms with E-state index in [-0.39, 0.29) is 0 Å². The Kier molecular flexibility index (Phi) is 4.33. The number of nitrogens with one attached hydrogen (secondary N) is 2. The lowest BCUT2D eigenvalue weighted by atomic mass is 10.1. The Morgan fingerprint density at radius 3 is 2.75 bits per heavy atom. The average molecular weight is 373 g/mol. The number of rotatable bonds is 5. The molecule has 3 aromatic rings.